The van der Waals surface area contributed by atoms with E-state index < -0.39 is 0 Å². The summed E-state index contributed by atoms with van der Waals surface area (Å²) >= 11 is 0. The number of oxazole rings is 1. The first-order chi connectivity index (χ1) is 7.31. The standard InChI is InChI=1S/C10H12N2O3/c13-6-8-1-3-12(4-2-8)10(14)9-5-11-7-15-9/h5-8H,1-4H2. The van der Waals surface area contributed by atoms with Crippen LogP contribution < -0.4 is 0 Å². The molecule has 0 bridgehead atoms. The van der Waals surface area contributed by atoms with E-state index in [-0.39, 0.29) is 17.6 Å². The number of aldehydes is 1. The summed E-state index contributed by atoms with van der Waals surface area (Å²) in [7, 11) is 0. The van der Waals surface area contributed by atoms with Crippen molar-refractivity contribution in [2.45, 2.75) is 12.8 Å². The molecule has 80 valence electrons. The lowest BCUT2D eigenvalue weighted by Crippen LogP contribution is -2.38. The van der Waals surface area contributed by atoms with Gasteiger partial charge in [0.05, 0.1) is 6.20 Å². The lowest BCUT2D eigenvalue weighted by molar-refractivity contribution is -0.112. The third-order valence-corrected chi connectivity index (χ3v) is 2.66. The second-order valence-electron chi connectivity index (χ2n) is 3.63. The average molecular weight is 208 g/mol. The maximum Gasteiger partial charge on any atom is 0.291 e. The summed E-state index contributed by atoms with van der Waals surface area (Å²) in [4.78, 5) is 27.7. The van der Waals surface area contributed by atoms with Crippen molar-refractivity contribution in [3.05, 3.63) is 18.4 Å². The van der Waals surface area contributed by atoms with Crippen LogP contribution in [0.5, 0.6) is 0 Å². The van der Waals surface area contributed by atoms with Gasteiger partial charge in [-0.2, -0.15) is 0 Å². The Balaban J connectivity index is 1.96. The molecule has 1 aromatic rings. The average Bonchev–Trinajstić information content (AvgIpc) is 2.82. The van der Waals surface area contributed by atoms with Gasteiger partial charge < -0.3 is 14.1 Å². The maximum absolute atomic E-state index is 11.8. The Morgan fingerprint density at radius 1 is 1.53 bits per heavy atom. The molecule has 5 nitrogen and oxygen atoms in total. The van der Waals surface area contributed by atoms with Crippen molar-refractivity contribution < 1.29 is 14.0 Å². The van der Waals surface area contributed by atoms with Crippen LogP contribution in [0.15, 0.2) is 17.0 Å². The number of hydrogen-bond acceptors (Lipinski definition) is 4. The summed E-state index contributed by atoms with van der Waals surface area (Å²) in [6.45, 7) is 1.23. The van der Waals surface area contributed by atoms with Crippen LogP contribution >= 0.6 is 0 Å². The number of hydrogen-bond donors (Lipinski definition) is 0. The van der Waals surface area contributed by atoms with E-state index >= 15 is 0 Å². The molecule has 1 aromatic heterocycles. The number of carbonyl (C=O) groups is 2. The highest BCUT2D eigenvalue weighted by Crippen LogP contribution is 2.16. The van der Waals surface area contributed by atoms with Crippen molar-refractivity contribution >= 4 is 12.2 Å². The van der Waals surface area contributed by atoms with Gasteiger partial charge in [0, 0.05) is 19.0 Å². The minimum absolute atomic E-state index is 0.101. The molecule has 0 spiro atoms. The number of likely N-dealkylation sites (tertiary alicyclic amines) is 1. The van der Waals surface area contributed by atoms with Crippen molar-refractivity contribution in [2.24, 2.45) is 5.92 Å². The minimum atomic E-state index is -0.142. The largest absolute Gasteiger partial charge is 0.438 e. The van der Waals surface area contributed by atoms with E-state index in [1.54, 1.807) is 4.90 Å². The molecular weight excluding hydrogens is 196 g/mol. The van der Waals surface area contributed by atoms with Crippen LogP contribution in [0, 0.1) is 5.92 Å². The molecule has 0 aliphatic carbocycles. The molecule has 1 aliphatic heterocycles. The number of rotatable bonds is 2. The SMILES string of the molecule is O=CC1CCN(C(=O)c2cnco2)CC1. The van der Waals surface area contributed by atoms with Gasteiger partial charge in [0.2, 0.25) is 5.76 Å². The Hall–Kier alpha value is -1.65. The first-order valence-electron chi connectivity index (χ1n) is 4.94. The third-order valence-electron chi connectivity index (χ3n) is 2.66. The second kappa shape index (κ2) is 4.25. The first-order valence-corrected chi connectivity index (χ1v) is 4.94. The van der Waals surface area contributed by atoms with Gasteiger partial charge in [0.15, 0.2) is 6.39 Å². The third kappa shape index (κ3) is 2.06. The van der Waals surface area contributed by atoms with Crippen LogP contribution in [0.3, 0.4) is 0 Å². The molecule has 1 saturated heterocycles. The molecular formula is C10H12N2O3. The Kier molecular flexibility index (Phi) is 2.80. The first kappa shape index (κ1) is 9.89. The molecule has 2 rings (SSSR count). The lowest BCUT2D eigenvalue weighted by Gasteiger charge is -2.28. The maximum atomic E-state index is 11.8. The van der Waals surface area contributed by atoms with Crippen LogP contribution in [0.1, 0.15) is 23.4 Å². The highest BCUT2D eigenvalue weighted by molar-refractivity contribution is 5.91. The van der Waals surface area contributed by atoms with E-state index in [2.05, 4.69) is 4.98 Å². The molecule has 15 heavy (non-hydrogen) atoms. The van der Waals surface area contributed by atoms with Crippen LogP contribution in [0.25, 0.3) is 0 Å². The molecule has 5 heteroatoms. The van der Waals surface area contributed by atoms with E-state index in [1.165, 1.54) is 12.6 Å². The summed E-state index contributed by atoms with van der Waals surface area (Å²) in [6, 6.07) is 0. The van der Waals surface area contributed by atoms with Crippen molar-refractivity contribution in [1.82, 2.24) is 9.88 Å². The summed E-state index contributed by atoms with van der Waals surface area (Å²) in [5.41, 5.74) is 0. The fraction of sp³-hybridized carbons (Fsp3) is 0.500. The predicted octanol–water partition coefficient (Wildman–Crippen LogP) is 0.726. The predicted molar refractivity (Wildman–Crippen MR) is 51.2 cm³/mol. The van der Waals surface area contributed by atoms with Gasteiger partial charge in [-0.15, -0.1) is 0 Å². The Morgan fingerprint density at radius 3 is 2.80 bits per heavy atom. The molecule has 0 unspecified atom stereocenters. The smallest absolute Gasteiger partial charge is 0.291 e. The Bertz CT molecular complexity index is 340. The Labute approximate surface area is 87.1 Å². The monoisotopic (exact) mass is 208 g/mol. The topological polar surface area (TPSA) is 63.4 Å². The molecule has 0 aromatic carbocycles. The highest BCUT2D eigenvalue weighted by atomic mass is 16.3. The van der Waals surface area contributed by atoms with Gasteiger partial charge in [-0.05, 0) is 12.8 Å². The fourth-order valence-corrected chi connectivity index (χ4v) is 1.72. The van der Waals surface area contributed by atoms with Crippen LogP contribution in [0.2, 0.25) is 0 Å². The van der Waals surface area contributed by atoms with Crippen LogP contribution in [-0.2, 0) is 4.79 Å². The number of piperidine rings is 1. The number of aromatic nitrogens is 1. The van der Waals surface area contributed by atoms with Crippen LogP contribution in [0.4, 0.5) is 0 Å². The van der Waals surface area contributed by atoms with Crippen molar-refractivity contribution in [3.8, 4) is 0 Å². The molecule has 1 fully saturated rings. The van der Waals surface area contributed by atoms with Crippen LogP contribution in [-0.4, -0.2) is 35.2 Å². The molecule has 2 heterocycles. The summed E-state index contributed by atoms with van der Waals surface area (Å²) in [5.74, 6) is 0.222. The van der Waals surface area contributed by atoms with E-state index in [0.29, 0.717) is 13.1 Å². The zero-order valence-electron chi connectivity index (χ0n) is 8.26. The van der Waals surface area contributed by atoms with Crippen molar-refractivity contribution in [1.29, 1.82) is 0 Å². The minimum Gasteiger partial charge on any atom is -0.438 e. The van der Waals surface area contributed by atoms with Crippen molar-refractivity contribution in [2.75, 3.05) is 13.1 Å². The lowest BCUT2D eigenvalue weighted by atomic mass is 9.98. The second-order valence-corrected chi connectivity index (χ2v) is 3.63. The van der Waals surface area contributed by atoms with Crippen molar-refractivity contribution in [3.63, 3.8) is 0 Å². The summed E-state index contributed by atoms with van der Waals surface area (Å²) in [6.07, 6.45) is 5.10. The molecule has 0 atom stereocenters. The molecule has 1 aliphatic rings. The normalized spacial score (nSPS) is 17.7. The van der Waals surface area contributed by atoms with Gasteiger partial charge in [-0.3, -0.25) is 4.79 Å². The molecule has 0 saturated carbocycles. The van der Waals surface area contributed by atoms with Gasteiger partial charge in [-0.1, -0.05) is 0 Å². The molecule has 0 N–H and O–H groups in total. The summed E-state index contributed by atoms with van der Waals surface area (Å²) in [5, 5.41) is 0. The number of carbonyl (C=O) groups excluding carboxylic acids is 2. The van der Waals surface area contributed by atoms with Gasteiger partial charge >= 0.3 is 0 Å². The molecule has 0 radical (unpaired) electrons. The highest BCUT2D eigenvalue weighted by Gasteiger charge is 2.24. The fourth-order valence-electron chi connectivity index (χ4n) is 1.72. The quantitative estimate of drug-likeness (QED) is 0.672. The zero-order valence-corrected chi connectivity index (χ0v) is 8.26. The van der Waals surface area contributed by atoms with Gasteiger partial charge in [-0.25, -0.2) is 4.98 Å². The van der Waals surface area contributed by atoms with E-state index in [1.807, 2.05) is 0 Å². The van der Waals surface area contributed by atoms with E-state index in [0.717, 1.165) is 19.1 Å². The van der Waals surface area contributed by atoms with E-state index in [4.69, 9.17) is 4.42 Å². The zero-order chi connectivity index (χ0) is 10.7. The Morgan fingerprint density at radius 2 is 2.27 bits per heavy atom. The van der Waals surface area contributed by atoms with E-state index in [9.17, 15) is 9.59 Å². The molecule has 1 amide bonds. The summed E-state index contributed by atoms with van der Waals surface area (Å²) < 4.78 is 4.93. The van der Waals surface area contributed by atoms with Gasteiger partial charge in [0.1, 0.15) is 6.29 Å². The number of amides is 1. The van der Waals surface area contributed by atoms with Gasteiger partial charge in [0.25, 0.3) is 5.91 Å². The number of nitrogens with zero attached hydrogens (tertiary/aromatic N) is 2.